The van der Waals surface area contributed by atoms with Gasteiger partial charge in [-0.2, -0.15) is 0 Å². The lowest BCUT2D eigenvalue weighted by atomic mass is 10.1. The number of aryl methyl sites for hydroxylation is 1. The van der Waals surface area contributed by atoms with Gasteiger partial charge in [0.25, 0.3) is 5.91 Å². The van der Waals surface area contributed by atoms with Crippen LogP contribution in [0.2, 0.25) is 0 Å². The maximum atomic E-state index is 13.8. The first-order valence-electron chi connectivity index (χ1n) is 9.75. The summed E-state index contributed by atoms with van der Waals surface area (Å²) in [5.74, 6) is 1.17. The van der Waals surface area contributed by atoms with E-state index >= 15 is 0 Å². The van der Waals surface area contributed by atoms with Crippen LogP contribution in [-0.4, -0.2) is 44.9 Å². The number of piperidine rings is 1. The second kappa shape index (κ2) is 7.70. The third-order valence-corrected chi connectivity index (χ3v) is 7.11. The maximum absolute atomic E-state index is 13.8. The Hall–Kier alpha value is -2.39. The summed E-state index contributed by atoms with van der Waals surface area (Å²) >= 11 is 4.75. The number of hydrogen-bond donors (Lipinski definition) is 1. The number of carbonyl (C=O) groups is 1. The van der Waals surface area contributed by atoms with Crippen molar-refractivity contribution in [2.24, 2.45) is 11.8 Å². The number of amides is 1. The molecule has 6 nitrogen and oxygen atoms in total. The van der Waals surface area contributed by atoms with E-state index in [1.165, 1.54) is 23.5 Å². The lowest BCUT2D eigenvalue weighted by Gasteiger charge is -2.27. The molecule has 3 aromatic rings. The Kier molecular flexibility index (Phi) is 5.02. The predicted molar refractivity (Wildman–Crippen MR) is 117 cm³/mol. The number of anilines is 1. The van der Waals surface area contributed by atoms with Crippen molar-refractivity contribution in [2.45, 2.75) is 19.4 Å². The summed E-state index contributed by atoms with van der Waals surface area (Å²) in [4.78, 5) is 29.1. The topological polar surface area (TPSA) is 71.0 Å². The number of rotatable bonds is 5. The number of nitrogens with zero attached hydrogens (tertiary/aromatic N) is 4. The fourth-order valence-corrected chi connectivity index (χ4v) is 5.31. The van der Waals surface area contributed by atoms with Crippen molar-refractivity contribution in [2.75, 3.05) is 18.4 Å². The standard InChI is InChI=1S/C21H19BrFN5OS/c1-11-27-18(19(30-11)12-3-2-4-15(23)5-12)20(29)28-10-13-6-16(13)17(28)9-26-21-24-7-14(22)8-25-21/h2-5,7-8,13,16-17H,6,9-10H2,1H3,(H,24,25,26)/t13-,16-,17+/m0/s1. The van der Waals surface area contributed by atoms with Crippen LogP contribution in [0.25, 0.3) is 10.4 Å². The molecule has 1 saturated heterocycles. The van der Waals surface area contributed by atoms with Crippen molar-refractivity contribution in [3.8, 4) is 10.4 Å². The van der Waals surface area contributed by atoms with E-state index in [1.54, 1.807) is 18.5 Å². The van der Waals surface area contributed by atoms with Crippen molar-refractivity contribution in [3.05, 3.63) is 57.7 Å². The third kappa shape index (κ3) is 3.72. The number of thiazole rings is 1. The van der Waals surface area contributed by atoms with Crippen molar-refractivity contribution in [3.63, 3.8) is 0 Å². The van der Waals surface area contributed by atoms with Gasteiger partial charge < -0.3 is 10.2 Å². The van der Waals surface area contributed by atoms with Crippen LogP contribution < -0.4 is 5.32 Å². The van der Waals surface area contributed by atoms with Crippen LogP contribution in [0, 0.1) is 24.6 Å². The van der Waals surface area contributed by atoms with Crippen molar-refractivity contribution >= 4 is 39.1 Å². The Labute approximate surface area is 185 Å². The molecule has 3 heterocycles. The van der Waals surface area contributed by atoms with Gasteiger partial charge in [0.2, 0.25) is 5.95 Å². The lowest BCUT2D eigenvalue weighted by molar-refractivity contribution is 0.0711. The van der Waals surface area contributed by atoms with E-state index in [-0.39, 0.29) is 17.8 Å². The second-order valence-corrected chi connectivity index (χ2v) is 9.83. The van der Waals surface area contributed by atoms with Gasteiger partial charge in [-0.1, -0.05) is 12.1 Å². The highest BCUT2D eigenvalue weighted by Crippen LogP contribution is 2.50. The van der Waals surface area contributed by atoms with Gasteiger partial charge in [-0.05, 0) is 58.8 Å². The SMILES string of the molecule is Cc1nc(C(=O)N2C[C@@H]3C[C@@H]3[C@H]2CNc2ncc(Br)cn2)c(-c2cccc(F)c2)s1. The zero-order chi connectivity index (χ0) is 20.8. The first-order valence-corrected chi connectivity index (χ1v) is 11.4. The summed E-state index contributed by atoms with van der Waals surface area (Å²) in [5.41, 5.74) is 1.10. The minimum atomic E-state index is -0.323. The highest BCUT2D eigenvalue weighted by Gasteiger charge is 2.54. The van der Waals surface area contributed by atoms with Crippen LogP contribution in [0.15, 0.2) is 41.1 Å². The molecule has 154 valence electrons. The average molecular weight is 488 g/mol. The molecular formula is C21H19BrFN5OS. The number of carbonyl (C=O) groups excluding carboxylic acids is 1. The highest BCUT2D eigenvalue weighted by atomic mass is 79.9. The van der Waals surface area contributed by atoms with Crippen LogP contribution in [0.5, 0.6) is 0 Å². The fourth-order valence-electron chi connectivity index (χ4n) is 4.20. The van der Waals surface area contributed by atoms with E-state index in [4.69, 9.17) is 0 Å². The largest absolute Gasteiger partial charge is 0.352 e. The van der Waals surface area contributed by atoms with Gasteiger partial charge in [-0.25, -0.2) is 19.3 Å². The Balaban J connectivity index is 1.38. The van der Waals surface area contributed by atoms with E-state index in [9.17, 15) is 9.18 Å². The minimum Gasteiger partial charge on any atom is -0.352 e. The summed E-state index contributed by atoms with van der Waals surface area (Å²) < 4.78 is 14.6. The van der Waals surface area contributed by atoms with E-state index in [0.29, 0.717) is 35.6 Å². The summed E-state index contributed by atoms with van der Waals surface area (Å²) in [5, 5.41) is 4.05. The molecule has 0 radical (unpaired) electrons. The molecule has 1 amide bonds. The maximum Gasteiger partial charge on any atom is 0.274 e. The molecule has 30 heavy (non-hydrogen) atoms. The van der Waals surface area contributed by atoms with Gasteiger partial charge >= 0.3 is 0 Å². The molecule has 1 aromatic carbocycles. The molecule has 2 aromatic heterocycles. The van der Waals surface area contributed by atoms with Crippen LogP contribution in [0.4, 0.5) is 10.3 Å². The Morgan fingerprint density at radius 1 is 1.37 bits per heavy atom. The third-order valence-electron chi connectivity index (χ3n) is 5.68. The van der Waals surface area contributed by atoms with Crippen molar-refractivity contribution < 1.29 is 9.18 Å². The van der Waals surface area contributed by atoms with Gasteiger partial charge in [0, 0.05) is 25.5 Å². The Morgan fingerprint density at radius 2 is 2.17 bits per heavy atom. The normalized spacial score (nSPS) is 22.1. The molecule has 3 atom stereocenters. The zero-order valence-corrected chi connectivity index (χ0v) is 18.6. The summed E-state index contributed by atoms with van der Waals surface area (Å²) in [7, 11) is 0. The molecular weight excluding hydrogens is 469 g/mol. The molecule has 2 fully saturated rings. The molecule has 1 N–H and O–H groups in total. The smallest absolute Gasteiger partial charge is 0.274 e. The Bertz CT molecular complexity index is 1110. The Morgan fingerprint density at radius 3 is 2.93 bits per heavy atom. The molecule has 5 rings (SSSR count). The number of hydrogen-bond acceptors (Lipinski definition) is 6. The monoisotopic (exact) mass is 487 g/mol. The second-order valence-electron chi connectivity index (χ2n) is 7.71. The van der Waals surface area contributed by atoms with E-state index in [0.717, 1.165) is 27.3 Å². The van der Waals surface area contributed by atoms with E-state index < -0.39 is 0 Å². The van der Waals surface area contributed by atoms with Crippen LogP contribution in [-0.2, 0) is 0 Å². The predicted octanol–water partition coefficient (Wildman–Crippen LogP) is 4.38. The molecule has 1 aliphatic heterocycles. The van der Waals surface area contributed by atoms with E-state index in [2.05, 4.69) is 36.2 Å². The van der Waals surface area contributed by atoms with Gasteiger partial charge in [0.1, 0.15) is 11.5 Å². The number of aromatic nitrogens is 3. The highest BCUT2D eigenvalue weighted by molar-refractivity contribution is 9.10. The van der Waals surface area contributed by atoms with Crippen LogP contribution >= 0.6 is 27.3 Å². The number of benzene rings is 1. The van der Waals surface area contributed by atoms with Gasteiger partial charge in [0.15, 0.2) is 0 Å². The molecule has 1 saturated carbocycles. The van der Waals surface area contributed by atoms with Gasteiger partial charge in [0.05, 0.1) is 20.4 Å². The molecule has 9 heteroatoms. The quantitative estimate of drug-likeness (QED) is 0.577. The molecule has 1 aliphatic carbocycles. The van der Waals surface area contributed by atoms with Gasteiger partial charge in [-0.3, -0.25) is 4.79 Å². The lowest BCUT2D eigenvalue weighted by Crippen LogP contribution is -2.42. The molecule has 0 bridgehead atoms. The van der Waals surface area contributed by atoms with Crippen molar-refractivity contribution in [1.29, 1.82) is 0 Å². The number of nitrogens with one attached hydrogen (secondary N) is 1. The first kappa shape index (κ1) is 19.6. The fraction of sp³-hybridized carbons (Fsp3) is 0.333. The first-order chi connectivity index (χ1) is 14.5. The number of fused-ring (bicyclic) bond motifs is 1. The zero-order valence-electron chi connectivity index (χ0n) is 16.2. The van der Waals surface area contributed by atoms with Crippen LogP contribution in [0.1, 0.15) is 21.9 Å². The van der Waals surface area contributed by atoms with Crippen LogP contribution in [0.3, 0.4) is 0 Å². The van der Waals surface area contributed by atoms with Crippen molar-refractivity contribution in [1.82, 2.24) is 19.9 Å². The number of halogens is 2. The summed E-state index contributed by atoms with van der Waals surface area (Å²) in [6.07, 6.45) is 4.52. The van der Waals surface area contributed by atoms with E-state index in [1.807, 2.05) is 17.9 Å². The summed E-state index contributed by atoms with van der Waals surface area (Å²) in [6.45, 7) is 3.19. The van der Waals surface area contributed by atoms with Gasteiger partial charge in [-0.15, -0.1) is 11.3 Å². The molecule has 0 unspecified atom stereocenters. The molecule has 2 aliphatic rings. The number of likely N-dealkylation sites (tertiary alicyclic amines) is 1. The minimum absolute atomic E-state index is 0.0668. The summed E-state index contributed by atoms with van der Waals surface area (Å²) in [6, 6.07) is 6.40. The average Bonchev–Trinajstić information content (AvgIpc) is 3.24. The molecule has 0 spiro atoms.